The molecule has 0 aliphatic heterocycles. The molecule has 1 fully saturated rings. The molecule has 2 aromatic heterocycles. The molecule has 0 radical (unpaired) electrons. The van der Waals surface area contributed by atoms with Crippen LogP contribution in [0.4, 0.5) is 0 Å². The lowest BCUT2D eigenvalue weighted by atomic mass is 9.98. The number of Topliss-reactive ketones (excluding diaryl/α,β-unsaturated/α-hetero) is 1. The van der Waals surface area contributed by atoms with E-state index in [4.69, 9.17) is 0 Å². The zero-order chi connectivity index (χ0) is 16.0. The first-order valence-corrected chi connectivity index (χ1v) is 8.19. The molecule has 1 saturated carbocycles. The van der Waals surface area contributed by atoms with Crippen molar-refractivity contribution in [1.29, 1.82) is 0 Å². The van der Waals surface area contributed by atoms with E-state index in [1.807, 2.05) is 12.3 Å². The molecule has 0 spiro atoms. The second kappa shape index (κ2) is 5.34. The van der Waals surface area contributed by atoms with Gasteiger partial charge in [0.1, 0.15) is 11.4 Å². The molecule has 0 saturated heterocycles. The van der Waals surface area contributed by atoms with E-state index in [1.165, 1.54) is 16.7 Å². The van der Waals surface area contributed by atoms with Gasteiger partial charge in [-0.25, -0.2) is 4.98 Å². The lowest BCUT2D eigenvalue weighted by Crippen LogP contribution is -2.07. The largest absolute Gasteiger partial charge is 0.303 e. The number of fused-ring (bicyclic) bond motifs is 1. The van der Waals surface area contributed by atoms with Crippen molar-refractivity contribution < 1.29 is 4.79 Å². The molecule has 1 aliphatic carbocycles. The molecular weight excluding hydrogens is 284 g/mol. The summed E-state index contributed by atoms with van der Waals surface area (Å²) in [6.07, 6.45) is 6.55. The highest BCUT2D eigenvalue weighted by Crippen LogP contribution is 2.31. The fraction of sp³-hybridized carbons (Fsp3) is 0.300. The number of ketones is 1. The molecule has 0 atom stereocenters. The van der Waals surface area contributed by atoms with Crippen molar-refractivity contribution in [2.75, 3.05) is 0 Å². The average molecular weight is 304 g/mol. The van der Waals surface area contributed by atoms with E-state index in [-0.39, 0.29) is 0 Å². The van der Waals surface area contributed by atoms with Gasteiger partial charge >= 0.3 is 0 Å². The van der Waals surface area contributed by atoms with Crippen molar-refractivity contribution in [3.63, 3.8) is 0 Å². The molecule has 4 rings (SSSR count). The smallest absolute Gasteiger partial charge is 0.141 e. The summed E-state index contributed by atoms with van der Waals surface area (Å²) in [5.74, 6) is 0.645. The van der Waals surface area contributed by atoms with Crippen LogP contribution in [-0.2, 0) is 11.2 Å². The van der Waals surface area contributed by atoms with Crippen LogP contribution in [0.5, 0.6) is 0 Å². The highest BCUT2D eigenvalue weighted by atomic mass is 16.1. The Morgan fingerprint density at radius 2 is 2.04 bits per heavy atom. The van der Waals surface area contributed by atoms with Gasteiger partial charge in [-0.2, -0.15) is 0 Å². The normalized spacial score (nSPS) is 14.3. The van der Waals surface area contributed by atoms with Gasteiger partial charge in [-0.15, -0.1) is 0 Å². The summed E-state index contributed by atoms with van der Waals surface area (Å²) in [5, 5.41) is 0. The predicted molar refractivity (Wildman–Crippen MR) is 91.5 cm³/mol. The van der Waals surface area contributed by atoms with Gasteiger partial charge in [0.05, 0.1) is 0 Å². The number of imidazole rings is 1. The number of nitrogens with zero attached hydrogens (tertiary/aromatic N) is 2. The van der Waals surface area contributed by atoms with Crippen LogP contribution in [-0.4, -0.2) is 15.2 Å². The Labute approximate surface area is 136 Å². The van der Waals surface area contributed by atoms with Crippen molar-refractivity contribution in [1.82, 2.24) is 9.38 Å². The molecule has 0 unspecified atom stereocenters. The number of aryl methyl sites for hydroxylation is 1. The van der Waals surface area contributed by atoms with E-state index >= 15 is 0 Å². The fourth-order valence-electron chi connectivity index (χ4n) is 3.11. The highest BCUT2D eigenvalue weighted by molar-refractivity contribution is 5.85. The predicted octanol–water partition coefficient (Wildman–Crippen LogP) is 4.14. The molecule has 23 heavy (non-hydrogen) atoms. The van der Waals surface area contributed by atoms with Crippen LogP contribution in [0.25, 0.3) is 16.8 Å². The van der Waals surface area contributed by atoms with Gasteiger partial charge in [-0.3, -0.25) is 4.79 Å². The zero-order valence-electron chi connectivity index (χ0n) is 13.5. The average Bonchev–Trinajstić information content (AvgIpc) is 3.33. The summed E-state index contributed by atoms with van der Waals surface area (Å²) in [7, 11) is 0. The molecule has 0 N–H and O–H groups in total. The van der Waals surface area contributed by atoms with Crippen LogP contribution < -0.4 is 0 Å². The van der Waals surface area contributed by atoms with Gasteiger partial charge in [0, 0.05) is 30.4 Å². The third-order valence-electron chi connectivity index (χ3n) is 4.89. The van der Waals surface area contributed by atoms with E-state index < -0.39 is 0 Å². The number of rotatable bonds is 4. The van der Waals surface area contributed by atoms with Crippen LogP contribution in [0, 0.1) is 19.8 Å². The Bertz CT molecular complexity index is 903. The minimum atomic E-state index is 0.294. The summed E-state index contributed by atoms with van der Waals surface area (Å²) in [6, 6.07) is 10.5. The maximum Gasteiger partial charge on any atom is 0.141 e. The number of hydrogen-bond donors (Lipinski definition) is 0. The van der Waals surface area contributed by atoms with Crippen molar-refractivity contribution in [2.24, 2.45) is 5.92 Å². The maximum atomic E-state index is 12.1. The lowest BCUT2D eigenvalue weighted by Gasteiger charge is -2.10. The topological polar surface area (TPSA) is 34.4 Å². The van der Waals surface area contributed by atoms with E-state index in [2.05, 4.69) is 53.7 Å². The van der Waals surface area contributed by atoms with Gasteiger partial charge in [-0.05, 0) is 61.1 Å². The molecule has 0 bridgehead atoms. The molecular formula is C20H20N2O. The third-order valence-corrected chi connectivity index (χ3v) is 4.89. The standard InChI is InChI=1S/C20H20N2O/c1-13-4-3-5-18(14(13)2)16-8-9-20-21-11-17(22(20)12-16)10-19(23)15-6-7-15/h3-5,8-9,11-12,15H,6-7,10H2,1-2H3. The molecule has 0 amide bonds. The van der Waals surface area contributed by atoms with Gasteiger partial charge in [0.15, 0.2) is 0 Å². The van der Waals surface area contributed by atoms with E-state index in [1.54, 1.807) is 0 Å². The first kappa shape index (κ1) is 14.2. The first-order valence-electron chi connectivity index (χ1n) is 8.19. The number of hydrogen-bond acceptors (Lipinski definition) is 2. The number of carbonyl (C=O) groups is 1. The molecule has 1 aromatic carbocycles. The monoisotopic (exact) mass is 304 g/mol. The van der Waals surface area contributed by atoms with Crippen molar-refractivity contribution >= 4 is 11.4 Å². The van der Waals surface area contributed by atoms with Gasteiger partial charge < -0.3 is 4.40 Å². The molecule has 3 aromatic rings. The van der Waals surface area contributed by atoms with Crippen LogP contribution in [0.3, 0.4) is 0 Å². The minimum absolute atomic E-state index is 0.294. The summed E-state index contributed by atoms with van der Waals surface area (Å²) < 4.78 is 2.07. The molecule has 116 valence electrons. The zero-order valence-corrected chi connectivity index (χ0v) is 13.5. The Hall–Kier alpha value is -2.42. The Morgan fingerprint density at radius 1 is 1.22 bits per heavy atom. The third kappa shape index (κ3) is 2.56. The summed E-state index contributed by atoms with van der Waals surface area (Å²) in [6.45, 7) is 4.29. The van der Waals surface area contributed by atoms with E-state index in [0.717, 1.165) is 29.7 Å². The second-order valence-electron chi connectivity index (χ2n) is 6.56. The van der Waals surface area contributed by atoms with Crippen LogP contribution >= 0.6 is 0 Å². The number of benzene rings is 1. The molecule has 2 heterocycles. The molecule has 3 heteroatoms. The second-order valence-corrected chi connectivity index (χ2v) is 6.56. The lowest BCUT2D eigenvalue weighted by molar-refractivity contribution is -0.119. The SMILES string of the molecule is Cc1cccc(-c2ccc3ncc(CC(=O)C4CC4)n3c2)c1C. The Morgan fingerprint density at radius 3 is 2.83 bits per heavy atom. The highest BCUT2D eigenvalue weighted by Gasteiger charge is 2.29. The summed E-state index contributed by atoms with van der Waals surface area (Å²) in [4.78, 5) is 16.6. The van der Waals surface area contributed by atoms with Gasteiger partial charge in [0.25, 0.3) is 0 Å². The van der Waals surface area contributed by atoms with Gasteiger partial charge in [0.2, 0.25) is 0 Å². The fourth-order valence-corrected chi connectivity index (χ4v) is 3.11. The number of aromatic nitrogens is 2. The van der Waals surface area contributed by atoms with Crippen LogP contribution in [0.1, 0.15) is 29.7 Å². The van der Waals surface area contributed by atoms with Gasteiger partial charge in [-0.1, -0.05) is 18.2 Å². The van der Waals surface area contributed by atoms with Crippen molar-refractivity contribution in [3.8, 4) is 11.1 Å². The van der Waals surface area contributed by atoms with Crippen molar-refractivity contribution in [2.45, 2.75) is 33.1 Å². The number of carbonyl (C=O) groups excluding carboxylic acids is 1. The van der Waals surface area contributed by atoms with Crippen LogP contribution in [0.2, 0.25) is 0 Å². The van der Waals surface area contributed by atoms with Crippen molar-refractivity contribution in [3.05, 3.63) is 59.5 Å². The Balaban J connectivity index is 1.77. The maximum absolute atomic E-state index is 12.1. The van der Waals surface area contributed by atoms with Crippen LogP contribution in [0.15, 0.2) is 42.7 Å². The molecule has 3 nitrogen and oxygen atoms in total. The van der Waals surface area contributed by atoms with E-state index in [0.29, 0.717) is 18.1 Å². The van der Waals surface area contributed by atoms with E-state index in [9.17, 15) is 4.79 Å². The first-order chi connectivity index (χ1) is 11.1. The minimum Gasteiger partial charge on any atom is -0.303 e. The molecule has 1 aliphatic rings. The Kier molecular flexibility index (Phi) is 3.29. The quantitative estimate of drug-likeness (QED) is 0.726. The summed E-state index contributed by atoms with van der Waals surface area (Å²) in [5.41, 5.74) is 6.87. The number of pyridine rings is 1. The summed E-state index contributed by atoms with van der Waals surface area (Å²) >= 11 is 0.